The molecule has 0 bridgehead atoms. The molecule has 2 aliphatic heterocycles. The number of β-lactam (4-membered cyclic amide) rings is 1. The topological polar surface area (TPSA) is 104 Å². The molecule has 0 spiro atoms. The van der Waals surface area contributed by atoms with Gasteiger partial charge in [-0.3, -0.25) is 4.79 Å². The monoisotopic (exact) mass is 283 g/mol. The first kappa shape index (κ1) is 14.5. The molecule has 7 heteroatoms. The number of aliphatic hydroxyl groups excluding tert-OH is 1. The Balaban J connectivity index is 2.25. The van der Waals surface area contributed by atoms with Crippen molar-refractivity contribution in [3.63, 3.8) is 0 Å². The van der Waals surface area contributed by atoms with Gasteiger partial charge in [0.05, 0.1) is 24.7 Å². The van der Waals surface area contributed by atoms with Crippen molar-refractivity contribution in [1.82, 2.24) is 4.90 Å². The maximum atomic E-state index is 11.9. The molecule has 0 saturated carbocycles. The summed E-state index contributed by atoms with van der Waals surface area (Å²) in [7, 11) is 0. The number of ether oxygens (including phenoxy) is 1. The number of carbonyl (C=O) groups is 3. The number of carbonyl (C=O) groups excluding carboxylic acids is 2. The lowest BCUT2D eigenvalue weighted by atomic mass is 9.84. The summed E-state index contributed by atoms with van der Waals surface area (Å²) in [6.07, 6.45) is 0.588. The van der Waals surface area contributed by atoms with E-state index in [2.05, 4.69) is 0 Å². The molecule has 0 radical (unpaired) electrons. The Hall–Kier alpha value is -1.89. The highest BCUT2D eigenvalue weighted by atomic mass is 16.5. The summed E-state index contributed by atoms with van der Waals surface area (Å²) in [5.74, 6) is -2.77. The molecule has 20 heavy (non-hydrogen) atoms. The predicted octanol–water partition coefficient (Wildman–Crippen LogP) is -0.459. The summed E-state index contributed by atoms with van der Waals surface area (Å²) in [5.41, 5.74) is 0.345. The molecule has 110 valence electrons. The van der Waals surface area contributed by atoms with Crippen LogP contribution in [-0.4, -0.2) is 57.8 Å². The Kier molecular flexibility index (Phi) is 3.80. The summed E-state index contributed by atoms with van der Waals surface area (Å²) < 4.78 is 4.76. The fourth-order valence-corrected chi connectivity index (χ4v) is 2.95. The van der Waals surface area contributed by atoms with E-state index in [1.807, 2.05) is 0 Å². The molecule has 0 aromatic rings. The van der Waals surface area contributed by atoms with Crippen molar-refractivity contribution in [3.8, 4) is 0 Å². The molecule has 2 rings (SSSR count). The molecule has 1 amide bonds. The first-order valence-corrected chi connectivity index (χ1v) is 6.48. The van der Waals surface area contributed by atoms with Gasteiger partial charge in [0.2, 0.25) is 5.91 Å². The summed E-state index contributed by atoms with van der Waals surface area (Å²) in [5, 5.41) is 18.8. The average molecular weight is 283 g/mol. The number of aliphatic hydroxyl groups is 1. The van der Waals surface area contributed by atoms with Crippen LogP contribution in [0.3, 0.4) is 0 Å². The molecule has 2 aliphatic rings. The molecular weight excluding hydrogens is 266 g/mol. The van der Waals surface area contributed by atoms with E-state index in [0.717, 1.165) is 6.08 Å². The van der Waals surface area contributed by atoms with Gasteiger partial charge in [0.25, 0.3) is 0 Å². The molecule has 2 saturated heterocycles. The van der Waals surface area contributed by atoms with Crippen molar-refractivity contribution < 1.29 is 29.3 Å². The smallest absolute Gasteiger partial charge is 0.330 e. The van der Waals surface area contributed by atoms with Gasteiger partial charge < -0.3 is 19.8 Å². The van der Waals surface area contributed by atoms with Crippen LogP contribution in [0, 0.1) is 5.92 Å². The minimum absolute atomic E-state index is 0.197. The van der Waals surface area contributed by atoms with Crippen molar-refractivity contribution in [2.75, 3.05) is 6.61 Å². The Labute approximate surface area is 115 Å². The normalized spacial score (nSPS) is 31.8. The van der Waals surface area contributed by atoms with E-state index in [1.54, 1.807) is 6.92 Å². The summed E-state index contributed by atoms with van der Waals surface area (Å²) in [6, 6.07) is -1.49. The molecular formula is C13H17NO6. The van der Waals surface area contributed by atoms with Gasteiger partial charge in [-0.2, -0.15) is 0 Å². The highest BCUT2D eigenvalue weighted by Gasteiger charge is 2.59. The van der Waals surface area contributed by atoms with Crippen LogP contribution in [0.1, 0.15) is 20.3 Å². The average Bonchev–Trinajstić information content (AvgIpc) is 2.63. The third kappa shape index (κ3) is 2.18. The second-order valence-corrected chi connectivity index (χ2v) is 5.00. The Morgan fingerprint density at radius 2 is 2.20 bits per heavy atom. The standard InChI is InChI=1S/C13H17NO6/c1-3-20-9(16)5-7-4-8-10(6(2)15)12(17)14(8)11(7)13(18)19/h5-6,8,10-11,15H,3-4H2,1-2H3,(H,18,19)/t6-,8-,10-,11-/m1/s1. The van der Waals surface area contributed by atoms with Crippen LogP contribution in [0.25, 0.3) is 0 Å². The molecule has 7 nitrogen and oxygen atoms in total. The summed E-state index contributed by atoms with van der Waals surface area (Å²) in [6.45, 7) is 3.35. The second kappa shape index (κ2) is 5.24. The second-order valence-electron chi connectivity index (χ2n) is 5.00. The van der Waals surface area contributed by atoms with Gasteiger partial charge in [0, 0.05) is 6.08 Å². The van der Waals surface area contributed by atoms with Crippen LogP contribution < -0.4 is 0 Å². The van der Waals surface area contributed by atoms with Crippen LogP contribution in [0.4, 0.5) is 0 Å². The Morgan fingerprint density at radius 3 is 2.70 bits per heavy atom. The molecule has 2 N–H and O–H groups in total. The van der Waals surface area contributed by atoms with Gasteiger partial charge in [-0.1, -0.05) is 0 Å². The van der Waals surface area contributed by atoms with Crippen molar-refractivity contribution in [3.05, 3.63) is 11.6 Å². The predicted molar refractivity (Wildman–Crippen MR) is 66.6 cm³/mol. The van der Waals surface area contributed by atoms with Gasteiger partial charge >= 0.3 is 11.9 Å². The van der Waals surface area contributed by atoms with Crippen LogP contribution >= 0.6 is 0 Å². The Morgan fingerprint density at radius 1 is 1.55 bits per heavy atom. The number of rotatable bonds is 4. The third-order valence-electron chi connectivity index (χ3n) is 3.73. The van der Waals surface area contributed by atoms with Gasteiger partial charge in [0.15, 0.2) is 6.04 Å². The van der Waals surface area contributed by atoms with E-state index in [9.17, 15) is 24.6 Å². The maximum Gasteiger partial charge on any atom is 0.330 e. The minimum Gasteiger partial charge on any atom is -0.479 e. The number of nitrogens with zero attached hydrogens (tertiary/aromatic N) is 1. The number of carboxylic acids is 1. The number of amides is 1. The van der Waals surface area contributed by atoms with E-state index in [-0.39, 0.29) is 25.0 Å². The first-order valence-electron chi connectivity index (χ1n) is 6.48. The lowest BCUT2D eigenvalue weighted by Crippen LogP contribution is -2.64. The van der Waals surface area contributed by atoms with Crippen LogP contribution in [0.15, 0.2) is 11.6 Å². The zero-order chi connectivity index (χ0) is 15.0. The zero-order valence-electron chi connectivity index (χ0n) is 11.3. The molecule has 2 fully saturated rings. The van der Waals surface area contributed by atoms with Gasteiger partial charge in [-0.15, -0.1) is 0 Å². The quantitative estimate of drug-likeness (QED) is 0.411. The molecule has 0 aliphatic carbocycles. The highest BCUT2D eigenvalue weighted by molar-refractivity contribution is 5.96. The van der Waals surface area contributed by atoms with E-state index < -0.39 is 30.0 Å². The minimum atomic E-state index is -1.18. The fraction of sp³-hybridized carbons (Fsp3) is 0.615. The molecule has 4 atom stereocenters. The molecule has 2 heterocycles. The lowest BCUT2D eigenvalue weighted by Gasteiger charge is -2.45. The van der Waals surface area contributed by atoms with E-state index in [0.29, 0.717) is 5.57 Å². The zero-order valence-corrected chi connectivity index (χ0v) is 11.3. The van der Waals surface area contributed by atoms with Crippen molar-refractivity contribution in [2.45, 2.75) is 38.5 Å². The van der Waals surface area contributed by atoms with E-state index >= 15 is 0 Å². The van der Waals surface area contributed by atoms with Crippen LogP contribution in [0.5, 0.6) is 0 Å². The van der Waals surface area contributed by atoms with Crippen molar-refractivity contribution >= 4 is 17.8 Å². The largest absolute Gasteiger partial charge is 0.479 e. The fourth-order valence-electron chi connectivity index (χ4n) is 2.95. The third-order valence-corrected chi connectivity index (χ3v) is 3.73. The Bertz CT molecular complexity index is 483. The van der Waals surface area contributed by atoms with Gasteiger partial charge in [0.1, 0.15) is 0 Å². The molecule has 0 aromatic carbocycles. The highest BCUT2D eigenvalue weighted by Crippen LogP contribution is 2.43. The van der Waals surface area contributed by atoms with Gasteiger partial charge in [-0.05, 0) is 25.8 Å². The summed E-state index contributed by atoms with van der Waals surface area (Å²) >= 11 is 0. The lowest BCUT2D eigenvalue weighted by molar-refractivity contribution is -0.169. The number of fused-ring (bicyclic) bond motifs is 1. The van der Waals surface area contributed by atoms with Gasteiger partial charge in [-0.25, -0.2) is 9.59 Å². The number of esters is 1. The molecule has 0 aromatic heterocycles. The van der Waals surface area contributed by atoms with Crippen molar-refractivity contribution in [1.29, 1.82) is 0 Å². The van der Waals surface area contributed by atoms with Crippen LogP contribution in [-0.2, 0) is 19.1 Å². The van der Waals surface area contributed by atoms with E-state index in [4.69, 9.17) is 4.74 Å². The van der Waals surface area contributed by atoms with Crippen LogP contribution in [0.2, 0.25) is 0 Å². The SMILES string of the molecule is CCOC(=O)C=C1C[C@@H]2[C@@H]([C@@H](C)O)C(=O)N2[C@H]1C(=O)O. The summed E-state index contributed by atoms with van der Waals surface area (Å²) in [4.78, 5) is 35.9. The number of hydrogen-bond donors (Lipinski definition) is 2. The maximum absolute atomic E-state index is 11.9. The number of hydrogen-bond acceptors (Lipinski definition) is 5. The first-order chi connectivity index (χ1) is 9.38. The number of aliphatic carboxylic acids is 1. The molecule has 0 unspecified atom stereocenters. The van der Waals surface area contributed by atoms with E-state index in [1.165, 1.54) is 11.8 Å². The van der Waals surface area contributed by atoms with Crippen molar-refractivity contribution in [2.24, 2.45) is 5.92 Å². The number of carboxylic acid groups (broad SMARTS) is 1.